The van der Waals surface area contributed by atoms with E-state index in [-0.39, 0.29) is 24.0 Å². The third-order valence-corrected chi connectivity index (χ3v) is 4.22. The number of nitrogens with two attached hydrogens (primary N) is 1. The third kappa shape index (κ3) is 6.38. The van der Waals surface area contributed by atoms with Gasteiger partial charge in [0.05, 0.1) is 26.3 Å². The average molecular weight is 507 g/mol. The van der Waals surface area contributed by atoms with Gasteiger partial charge in [-0.2, -0.15) is 0 Å². The number of nitrogens with zero attached hydrogens (tertiary/aromatic N) is 2. The highest BCUT2D eigenvalue weighted by Gasteiger charge is 2.04. The van der Waals surface area contributed by atoms with Crippen molar-refractivity contribution in [1.29, 1.82) is 0 Å². The van der Waals surface area contributed by atoms with E-state index < -0.39 is 0 Å². The Labute approximate surface area is 187 Å². The molecule has 0 radical (unpaired) electrons. The van der Waals surface area contributed by atoms with E-state index in [9.17, 15) is 0 Å². The van der Waals surface area contributed by atoms with Crippen LogP contribution in [-0.2, 0) is 6.54 Å². The smallest absolute Gasteiger partial charge is 0.188 e. The topological polar surface area (TPSA) is 93.8 Å². The highest BCUT2D eigenvalue weighted by molar-refractivity contribution is 14.0. The number of ether oxygens (including phenoxy) is 2. The second kappa shape index (κ2) is 11.3. The number of pyridine rings is 1. The van der Waals surface area contributed by atoms with Crippen LogP contribution in [0.4, 0.5) is 5.82 Å². The van der Waals surface area contributed by atoms with Gasteiger partial charge in [0, 0.05) is 18.5 Å². The Hall–Kier alpha value is -2.75. The van der Waals surface area contributed by atoms with Crippen molar-refractivity contribution < 1.29 is 9.47 Å². The summed E-state index contributed by atoms with van der Waals surface area (Å²) in [6, 6.07) is 17.7. The minimum absolute atomic E-state index is 0. The molecule has 154 valence electrons. The largest absolute Gasteiger partial charge is 0.493 e. The number of guanidine groups is 1. The highest BCUT2D eigenvalue weighted by Crippen LogP contribution is 2.27. The van der Waals surface area contributed by atoms with Gasteiger partial charge in [-0.25, -0.2) is 9.98 Å². The maximum Gasteiger partial charge on any atom is 0.188 e. The Morgan fingerprint density at radius 3 is 2.59 bits per heavy atom. The van der Waals surface area contributed by atoms with Crippen molar-refractivity contribution in [1.82, 2.24) is 10.3 Å². The van der Waals surface area contributed by atoms with Gasteiger partial charge in [-0.3, -0.25) is 0 Å². The van der Waals surface area contributed by atoms with Gasteiger partial charge in [0.15, 0.2) is 17.5 Å². The number of nitrogens with one attached hydrogen (secondary N) is 2. The van der Waals surface area contributed by atoms with Gasteiger partial charge in [0.25, 0.3) is 0 Å². The molecule has 0 aliphatic carbocycles. The standard InChI is InChI=1S/C21H25N5O2.HI/c1-27-18-9-7-15(13-19(18)28-2)14-25-21(22)24-12-11-23-20-10-8-16-5-3-4-6-17(16)26-20;/h3-10,13H,11-12,14H2,1-2H3,(H,23,26)(H3,22,24,25);1H. The van der Waals surface area contributed by atoms with Gasteiger partial charge in [-0.05, 0) is 35.9 Å². The molecule has 3 aromatic rings. The zero-order valence-corrected chi connectivity index (χ0v) is 18.8. The van der Waals surface area contributed by atoms with E-state index in [1.807, 2.05) is 48.5 Å². The molecule has 0 amide bonds. The molecule has 3 rings (SSSR count). The van der Waals surface area contributed by atoms with Crippen molar-refractivity contribution in [3.8, 4) is 11.5 Å². The monoisotopic (exact) mass is 507 g/mol. The number of fused-ring (bicyclic) bond motifs is 1. The van der Waals surface area contributed by atoms with Gasteiger partial charge in [0.2, 0.25) is 0 Å². The molecule has 0 unspecified atom stereocenters. The molecule has 0 saturated carbocycles. The number of anilines is 1. The Morgan fingerprint density at radius 2 is 1.79 bits per heavy atom. The van der Waals surface area contributed by atoms with E-state index in [4.69, 9.17) is 15.2 Å². The summed E-state index contributed by atoms with van der Waals surface area (Å²) in [6.07, 6.45) is 0. The molecule has 8 heteroatoms. The van der Waals surface area contributed by atoms with Crippen molar-refractivity contribution in [2.45, 2.75) is 6.54 Å². The molecule has 29 heavy (non-hydrogen) atoms. The maximum atomic E-state index is 5.94. The van der Waals surface area contributed by atoms with E-state index in [1.165, 1.54) is 0 Å². The van der Waals surface area contributed by atoms with Crippen LogP contribution in [0.25, 0.3) is 10.9 Å². The normalized spacial score (nSPS) is 10.9. The second-order valence-corrected chi connectivity index (χ2v) is 6.13. The Morgan fingerprint density at radius 1 is 1.00 bits per heavy atom. The lowest BCUT2D eigenvalue weighted by molar-refractivity contribution is 0.354. The molecule has 0 aliphatic heterocycles. The molecule has 1 heterocycles. The first kappa shape index (κ1) is 22.5. The van der Waals surface area contributed by atoms with Crippen LogP contribution >= 0.6 is 24.0 Å². The van der Waals surface area contributed by atoms with Crippen LogP contribution in [0.5, 0.6) is 11.5 Å². The first-order chi connectivity index (χ1) is 13.7. The minimum atomic E-state index is 0. The Kier molecular flexibility index (Phi) is 8.78. The number of methoxy groups -OCH3 is 2. The molecule has 1 aromatic heterocycles. The van der Waals surface area contributed by atoms with Crippen LogP contribution < -0.4 is 25.8 Å². The number of halogens is 1. The van der Waals surface area contributed by atoms with Gasteiger partial charge in [0.1, 0.15) is 5.82 Å². The number of para-hydroxylation sites is 1. The summed E-state index contributed by atoms with van der Waals surface area (Å²) in [4.78, 5) is 8.93. The molecule has 7 nitrogen and oxygen atoms in total. The summed E-state index contributed by atoms with van der Waals surface area (Å²) < 4.78 is 10.5. The predicted molar refractivity (Wildman–Crippen MR) is 129 cm³/mol. The predicted octanol–water partition coefficient (Wildman–Crippen LogP) is 3.39. The molecule has 0 aliphatic rings. The molecule has 0 spiro atoms. The molecular weight excluding hydrogens is 481 g/mol. The van der Waals surface area contributed by atoms with Gasteiger partial charge in [-0.15, -0.1) is 24.0 Å². The fourth-order valence-electron chi connectivity index (χ4n) is 2.76. The summed E-state index contributed by atoms with van der Waals surface area (Å²) in [5.41, 5.74) is 7.90. The maximum absolute atomic E-state index is 5.94. The van der Waals surface area contributed by atoms with Crippen LogP contribution in [0.2, 0.25) is 0 Å². The second-order valence-electron chi connectivity index (χ2n) is 6.13. The lowest BCUT2D eigenvalue weighted by Gasteiger charge is -2.10. The van der Waals surface area contributed by atoms with Crippen molar-refractivity contribution in [2.75, 3.05) is 32.6 Å². The van der Waals surface area contributed by atoms with Gasteiger partial charge >= 0.3 is 0 Å². The summed E-state index contributed by atoms with van der Waals surface area (Å²) in [7, 11) is 3.22. The number of rotatable bonds is 8. The van der Waals surface area contributed by atoms with E-state index in [0.29, 0.717) is 37.1 Å². The molecule has 0 atom stereocenters. The van der Waals surface area contributed by atoms with E-state index in [2.05, 4.69) is 26.7 Å². The third-order valence-electron chi connectivity index (χ3n) is 4.22. The van der Waals surface area contributed by atoms with Crippen LogP contribution in [0.3, 0.4) is 0 Å². The number of hydrogen-bond acceptors (Lipinski definition) is 5. The Balaban J connectivity index is 0.00000300. The van der Waals surface area contributed by atoms with Crippen LogP contribution in [0, 0.1) is 0 Å². The fourth-order valence-corrected chi connectivity index (χ4v) is 2.76. The number of hydrogen-bond donors (Lipinski definition) is 3. The SMILES string of the molecule is COc1ccc(CN=C(N)NCCNc2ccc3ccccc3n2)cc1OC.I. The van der Waals surface area contributed by atoms with Crippen molar-refractivity contribution >= 4 is 46.7 Å². The quantitative estimate of drug-likeness (QED) is 0.187. The van der Waals surface area contributed by atoms with Gasteiger partial charge in [-0.1, -0.05) is 24.3 Å². The molecule has 0 fully saturated rings. The number of aromatic nitrogens is 1. The molecule has 2 aromatic carbocycles. The lowest BCUT2D eigenvalue weighted by Crippen LogP contribution is -2.35. The average Bonchev–Trinajstić information content (AvgIpc) is 2.74. The van der Waals surface area contributed by atoms with Gasteiger partial charge < -0.3 is 25.8 Å². The van der Waals surface area contributed by atoms with Crippen LogP contribution in [0.1, 0.15) is 5.56 Å². The first-order valence-corrected chi connectivity index (χ1v) is 9.04. The first-order valence-electron chi connectivity index (χ1n) is 9.04. The number of benzene rings is 2. The van der Waals surface area contributed by atoms with E-state index in [0.717, 1.165) is 22.3 Å². The van der Waals surface area contributed by atoms with E-state index in [1.54, 1.807) is 14.2 Å². The molecule has 0 saturated heterocycles. The lowest BCUT2D eigenvalue weighted by atomic mass is 10.2. The van der Waals surface area contributed by atoms with Crippen molar-refractivity contribution in [2.24, 2.45) is 10.7 Å². The highest BCUT2D eigenvalue weighted by atomic mass is 127. The number of aliphatic imine (C=N–C) groups is 1. The van der Waals surface area contributed by atoms with E-state index >= 15 is 0 Å². The zero-order valence-electron chi connectivity index (χ0n) is 16.5. The summed E-state index contributed by atoms with van der Waals surface area (Å²) in [5, 5.41) is 7.49. The summed E-state index contributed by atoms with van der Waals surface area (Å²) >= 11 is 0. The molecule has 4 N–H and O–H groups in total. The van der Waals surface area contributed by atoms with Crippen LogP contribution in [-0.4, -0.2) is 38.3 Å². The van der Waals surface area contributed by atoms with Crippen LogP contribution in [0.15, 0.2) is 59.6 Å². The zero-order chi connectivity index (χ0) is 19.8. The summed E-state index contributed by atoms with van der Waals surface area (Å²) in [6.45, 7) is 1.77. The van der Waals surface area contributed by atoms with Crippen molar-refractivity contribution in [3.05, 3.63) is 60.2 Å². The van der Waals surface area contributed by atoms with Crippen molar-refractivity contribution in [3.63, 3.8) is 0 Å². The molecule has 0 bridgehead atoms. The minimum Gasteiger partial charge on any atom is -0.493 e. The Bertz CT molecular complexity index is 965. The molecular formula is C21H26IN5O2. The summed E-state index contributed by atoms with van der Waals surface area (Å²) in [5.74, 6) is 2.59. The fraction of sp³-hybridized carbons (Fsp3) is 0.238.